The average molecular weight is 382 g/mol. The summed E-state index contributed by atoms with van der Waals surface area (Å²) in [5.74, 6) is 3.49. The van der Waals surface area contributed by atoms with Crippen LogP contribution in [0.2, 0.25) is 0 Å². The molecule has 7 rings (SSSR count). The van der Waals surface area contributed by atoms with Crippen molar-refractivity contribution in [1.29, 1.82) is 0 Å². The predicted molar refractivity (Wildman–Crippen MR) is 106 cm³/mol. The Morgan fingerprint density at radius 3 is 2.11 bits per heavy atom. The van der Waals surface area contributed by atoms with Gasteiger partial charge < -0.3 is 15.0 Å². The summed E-state index contributed by atoms with van der Waals surface area (Å²) in [5.41, 5.74) is 0.107. The fourth-order valence-electron chi connectivity index (χ4n) is 7.72. The number of pyridine rings is 1. The number of rotatable bonds is 3. The van der Waals surface area contributed by atoms with Crippen LogP contribution in [0.1, 0.15) is 64.2 Å². The quantitative estimate of drug-likeness (QED) is 0.856. The van der Waals surface area contributed by atoms with Crippen molar-refractivity contribution in [3.05, 3.63) is 24.5 Å². The van der Waals surface area contributed by atoms with Gasteiger partial charge in [-0.3, -0.25) is 4.98 Å². The second-order valence-electron chi connectivity index (χ2n) is 10.3. The largest absolute Gasteiger partial charge is 0.490 e. The fourth-order valence-corrected chi connectivity index (χ4v) is 7.72. The van der Waals surface area contributed by atoms with Crippen molar-refractivity contribution in [1.82, 2.24) is 15.2 Å². The molecule has 2 aliphatic heterocycles. The molecule has 5 nitrogen and oxygen atoms in total. The van der Waals surface area contributed by atoms with Gasteiger partial charge in [0.25, 0.3) is 0 Å². The van der Waals surface area contributed by atoms with E-state index in [-0.39, 0.29) is 17.7 Å². The lowest BCUT2D eigenvalue weighted by molar-refractivity contribution is -0.0187. The molecule has 5 heteroatoms. The van der Waals surface area contributed by atoms with Crippen LogP contribution in [0.4, 0.5) is 4.79 Å². The maximum absolute atomic E-state index is 13.4. The SMILES string of the molecule is O=C(NC12CC3CC(CC(C3)C1)C2)N1C2CCC1CC(Oc1ccncc1)C2. The molecule has 1 aromatic heterocycles. The molecule has 2 saturated heterocycles. The van der Waals surface area contributed by atoms with Crippen molar-refractivity contribution in [3.63, 3.8) is 0 Å². The zero-order valence-electron chi connectivity index (χ0n) is 16.6. The molecule has 150 valence electrons. The third-order valence-electron chi connectivity index (χ3n) is 8.29. The molecule has 0 spiro atoms. The van der Waals surface area contributed by atoms with Gasteiger partial charge in [0.2, 0.25) is 0 Å². The highest BCUT2D eigenvalue weighted by molar-refractivity contribution is 5.76. The molecule has 0 radical (unpaired) electrons. The Balaban J connectivity index is 1.13. The van der Waals surface area contributed by atoms with Crippen LogP contribution in [0.3, 0.4) is 0 Å². The van der Waals surface area contributed by atoms with Crippen LogP contribution < -0.4 is 10.1 Å². The molecule has 4 saturated carbocycles. The number of hydrogen-bond donors (Lipinski definition) is 1. The van der Waals surface area contributed by atoms with Gasteiger partial charge in [-0.15, -0.1) is 0 Å². The van der Waals surface area contributed by atoms with Crippen LogP contribution in [0.5, 0.6) is 5.75 Å². The zero-order valence-corrected chi connectivity index (χ0v) is 16.6. The van der Waals surface area contributed by atoms with E-state index in [1.54, 1.807) is 12.4 Å². The maximum atomic E-state index is 13.4. The summed E-state index contributed by atoms with van der Waals surface area (Å²) in [7, 11) is 0. The molecule has 28 heavy (non-hydrogen) atoms. The van der Waals surface area contributed by atoms with Gasteiger partial charge in [0, 0.05) is 42.9 Å². The minimum atomic E-state index is 0.107. The number of nitrogens with zero attached hydrogens (tertiary/aromatic N) is 2. The van der Waals surface area contributed by atoms with Crippen molar-refractivity contribution in [3.8, 4) is 5.75 Å². The van der Waals surface area contributed by atoms with E-state index in [0.717, 1.165) is 49.2 Å². The maximum Gasteiger partial charge on any atom is 0.318 e. The smallest absolute Gasteiger partial charge is 0.318 e. The Bertz CT molecular complexity index is 702. The van der Waals surface area contributed by atoms with Crippen molar-refractivity contribution >= 4 is 6.03 Å². The minimum absolute atomic E-state index is 0.107. The molecule has 3 heterocycles. The number of nitrogens with one attached hydrogen (secondary N) is 1. The number of ether oxygens (including phenoxy) is 1. The third kappa shape index (κ3) is 2.89. The number of carbonyl (C=O) groups excluding carboxylic acids is 1. The molecule has 1 aromatic rings. The second-order valence-corrected chi connectivity index (χ2v) is 10.3. The van der Waals surface area contributed by atoms with E-state index in [9.17, 15) is 4.79 Å². The van der Waals surface area contributed by atoms with Gasteiger partial charge >= 0.3 is 6.03 Å². The number of hydrogen-bond acceptors (Lipinski definition) is 3. The van der Waals surface area contributed by atoms with Crippen LogP contribution in [0.25, 0.3) is 0 Å². The van der Waals surface area contributed by atoms with Gasteiger partial charge in [-0.25, -0.2) is 4.79 Å². The minimum Gasteiger partial charge on any atom is -0.490 e. The van der Waals surface area contributed by atoms with E-state index >= 15 is 0 Å². The van der Waals surface area contributed by atoms with E-state index in [2.05, 4.69) is 15.2 Å². The molecule has 4 aliphatic carbocycles. The van der Waals surface area contributed by atoms with Gasteiger partial charge in [0.05, 0.1) is 0 Å². The van der Waals surface area contributed by atoms with Crippen LogP contribution in [0, 0.1) is 17.8 Å². The molecular weight excluding hydrogens is 350 g/mol. The van der Waals surface area contributed by atoms with Crippen LogP contribution in [-0.2, 0) is 0 Å². The van der Waals surface area contributed by atoms with Gasteiger partial charge in [-0.2, -0.15) is 0 Å². The van der Waals surface area contributed by atoms with E-state index in [4.69, 9.17) is 4.74 Å². The molecule has 6 aliphatic rings. The van der Waals surface area contributed by atoms with E-state index in [0.29, 0.717) is 12.1 Å². The van der Waals surface area contributed by atoms with Crippen molar-refractivity contribution in [2.45, 2.75) is 87.9 Å². The van der Waals surface area contributed by atoms with Gasteiger partial charge in [-0.05, 0) is 81.3 Å². The lowest BCUT2D eigenvalue weighted by Gasteiger charge is -2.57. The monoisotopic (exact) mass is 381 g/mol. The van der Waals surface area contributed by atoms with E-state index in [1.807, 2.05) is 12.1 Å². The van der Waals surface area contributed by atoms with Crippen molar-refractivity contribution in [2.24, 2.45) is 17.8 Å². The molecule has 2 unspecified atom stereocenters. The van der Waals surface area contributed by atoms with Crippen molar-refractivity contribution < 1.29 is 9.53 Å². The summed E-state index contributed by atoms with van der Waals surface area (Å²) < 4.78 is 6.20. The Hall–Kier alpha value is -1.78. The lowest BCUT2D eigenvalue weighted by atomic mass is 9.53. The summed E-state index contributed by atoms with van der Waals surface area (Å²) >= 11 is 0. The summed E-state index contributed by atoms with van der Waals surface area (Å²) in [6, 6.07) is 4.73. The normalized spacial score (nSPS) is 43.2. The highest BCUT2D eigenvalue weighted by atomic mass is 16.5. The zero-order chi connectivity index (χ0) is 18.7. The fraction of sp³-hybridized carbons (Fsp3) is 0.739. The second kappa shape index (κ2) is 6.36. The summed E-state index contributed by atoms with van der Waals surface area (Å²) in [6.45, 7) is 0. The molecule has 2 amide bonds. The number of piperidine rings is 1. The standard InChI is InChI=1S/C23H31N3O2/c27-22(25-23-12-15-7-16(13-23)9-17(8-15)14-23)26-18-1-2-19(26)11-21(10-18)28-20-3-5-24-6-4-20/h3-6,15-19,21H,1-2,7-14H2,(H,25,27). The average Bonchev–Trinajstić information content (AvgIpc) is 2.92. The van der Waals surface area contributed by atoms with E-state index < -0.39 is 0 Å². The molecule has 6 bridgehead atoms. The molecule has 2 atom stereocenters. The molecular formula is C23H31N3O2. The van der Waals surface area contributed by atoms with Crippen molar-refractivity contribution in [2.75, 3.05) is 0 Å². The third-order valence-corrected chi connectivity index (χ3v) is 8.29. The summed E-state index contributed by atoms with van der Waals surface area (Å²) in [6.07, 6.45) is 15.8. The lowest BCUT2D eigenvalue weighted by Crippen LogP contribution is -2.63. The van der Waals surface area contributed by atoms with Gasteiger partial charge in [0.1, 0.15) is 11.9 Å². The first-order valence-corrected chi connectivity index (χ1v) is 11.3. The first kappa shape index (κ1) is 17.1. The van der Waals surface area contributed by atoms with Gasteiger partial charge in [0.15, 0.2) is 0 Å². The van der Waals surface area contributed by atoms with Crippen LogP contribution in [0.15, 0.2) is 24.5 Å². The molecule has 0 aromatic carbocycles. The highest BCUT2D eigenvalue weighted by Crippen LogP contribution is 2.55. The predicted octanol–water partition coefficient (Wildman–Crippen LogP) is 4.13. The van der Waals surface area contributed by atoms with E-state index in [1.165, 1.54) is 38.5 Å². The van der Waals surface area contributed by atoms with Crippen LogP contribution in [-0.4, -0.2) is 39.6 Å². The molecule has 6 fully saturated rings. The number of aromatic nitrogens is 1. The first-order chi connectivity index (χ1) is 13.7. The Labute approximate surface area is 167 Å². The number of fused-ring (bicyclic) bond motifs is 2. The van der Waals surface area contributed by atoms with Gasteiger partial charge in [-0.1, -0.05) is 0 Å². The number of amides is 2. The number of urea groups is 1. The summed E-state index contributed by atoms with van der Waals surface area (Å²) in [5, 5.41) is 3.60. The number of carbonyl (C=O) groups is 1. The summed E-state index contributed by atoms with van der Waals surface area (Å²) in [4.78, 5) is 19.6. The first-order valence-electron chi connectivity index (χ1n) is 11.3. The van der Waals surface area contributed by atoms with Crippen LogP contribution >= 0.6 is 0 Å². The Kier molecular flexibility index (Phi) is 3.89. The molecule has 1 N–H and O–H groups in total. The Morgan fingerprint density at radius 1 is 0.964 bits per heavy atom. The Morgan fingerprint density at radius 2 is 1.54 bits per heavy atom. The topological polar surface area (TPSA) is 54.5 Å². The highest BCUT2D eigenvalue weighted by Gasteiger charge is 2.53.